The van der Waals surface area contributed by atoms with E-state index in [1.165, 1.54) is 12.1 Å². The SMILES string of the molecule is CCOc1ccccc1CCC(=O)N(CC)c1ccc(F)cc1. The molecule has 1 amide bonds. The Balaban J connectivity index is 2.04. The lowest BCUT2D eigenvalue weighted by molar-refractivity contribution is -0.118. The van der Waals surface area contributed by atoms with Crippen molar-refractivity contribution in [3.63, 3.8) is 0 Å². The molecule has 0 bridgehead atoms. The molecule has 3 nitrogen and oxygen atoms in total. The van der Waals surface area contributed by atoms with Crippen molar-refractivity contribution in [2.45, 2.75) is 26.7 Å². The highest BCUT2D eigenvalue weighted by Crippen LogP contribution is 2.21. The molecule has 0 aromatic heterocycles. The molecule has 0 aliphatic heterocycles. The summed E-state index contributed by atoms with van der Waals surface area (Å²) in [5, 5.41) is 0. The standard InChI is InChI=1S/C19H22FNO2/c1-3-21(17-12-10-16(20)11-13-17)19(22)14-9-15-7-5-6-8-18(15)23-4-2/h5-8,10-13H,3-4,9,14H2,1-2H3. The van der Waals surface area contributed by atoms with Crippen molar-refractivity contribution in [2.24, 2.45) is 0 Å². The Morgan fingerprint density at radius 3 is 2.43 bits per heavy atom. The minimum atomic E-state index is -0.303. The molecule has 2 rings (SSSR count). The average Bonchev–Trinajstić information content (AvgIpc) is 2.57. The van der Waals surface area contributed by atoms with E-state index in [4.69, 9.17) is 4.74 Å². The van der Waals surface area contributed by atoms with Gasteiger partial charge in [0.25, 0.3) is 0 Å². The third kappa shape index (κ3) is 4.55. The number of benzene rings is 2. The molecule has 0 N–H and O–H groups in total. The van der Waals surface area contributed by atoms with Crippen LogP contribution in [0.4, 0.5) is 10.1 Å². The lowest BCUT2D eigenvalue weighted by atomic mass is 10.1. The van der Waals surface area contributed by atoms with Gasteiger partial charge in [-0.05, 0) is 56.2 Å². The lowest BCUT2D eigenvalue weighted by Gasteiger charge is -2.21. The maximum Gasteiger partial charge on any atom is 0.227 e. The zero-order valence-corrected chi connectivity index (χ0v) is 13.6. The summed E-state index contributed by atoms with van der Waals surface area (Å²) in [6.45, 7) is 5.00. The molecular formula is C19H22FNO2. The highest BCUT2D eigenvalue weighted by molar-refractivity contribution is 5.93. The largest absolute Gasteiger partial charge is 0.494 e. The van der Waals surface area contributed by atoms with E-state index in [9.17, 15) is 9.18 Å². The maximum atomic E-state index is 13.0. The predicted molar refractivity (Wildman–Crippen MR) is 90.4 cm³/mol. The van der Waals surface area contributed by atoms with Crippen LogP contribution in [-0.2, 0) is 11.2 Å². The van der Waals surface area contributed by atoms with E-state index >= 15 is 0 Å². The second-order valence-corrected chi connectivity index (χ2v) is 5.16. The lowest BCUT2D eigenvalue weighted by Crippen LogP contribution is -2.30. The summed E-state index contributed by atoms with van der Waals surface area (Å²) in [5.74, 6) is 0.543. The number of carbonyl (C=O) groups excluding carboxylic acids is 1. The minimum absolute atomic E-state index is 0.0189. The quantitative estimate of drug-likeness (QED) is 0.766. The molecule has 0 heterocycles. The first-order chi connectivity index (χ1) is 11.2. The van der Waals surface area contributed by atoms with Crippen molar-refractivity contribution in [1.29, 1.82) is 0 Å². The first-order valence-corrected chi connectivity index (χ1v) is 7.92. The number of hydrogen-bond acceptors (Lipinski definition) is 2. The fourth-order valence-corrected chi connectivity index (χ4v) is 2.51. The minimum Gasteiger partial charge on any atom is -0.494 e. The average molecular weight is 315 g/mol. The third-order valence-corrected chi connectivity index (χ3v) is 3.64. The van der Waals surface area contributed by atoms with Crippen molar-refractivity contribution in [3.05, 3.63) is 59.9 Å². The van der Waals surface area contributed by atoms with Crippen LogP contribution in [0.15, 0.2) is 48.5 Å². The van der Waals surface area contributed by atoms with Crippen LogP contribution < -0.4 is 9.64 Å². The highest BCUT2D eigenvalue weighted by Gasteiger charge is 2.15. The molecule has 2 aromatic carbocycles. The smallest absolute Gasteiger partial charge is 0.227 e. The Bertz CT molecular complexity index is 640. The summed E-state index contributed by atoms with van der Waals surface area (Å²) in [7, 11) is 0. The molecule has 0 saturated heterocycles. The molecule has 0 fully saturated rings. The van der Waals surface area contributed by atoms with E-state index in [1.54, 1.807) is 17.0 Å². The van der Waals surface area contributed by atoms with Gasteiger partial charge in [-0.15, -0.1) is 0 Å². The molecule has 0 saturated carbocycles. The first kappa shape index (κ1) is 17.0. The van der Waals surface area contributed by atoms with Gasteiger partial charge in [-0.3, -0.25) is 4.79 Å². The number of aryl methyl sites for hydroxylation is 1. The topological polar surface area (TPSA) is 29.5 Å². The van der Waals surface area contributed by atoms with Crippen molar-refractivity contribution < 1.29 is 13.9 Å². The Labute approximate surface area is 136 Å². The molecule has 23 heavy (non-hydrogen) atoms. The molecule has 122 valence electrons. The molecule has 0 aliphatic carbocycles. The normalized spacial score (nSPS) is 10.4. The van der Waals surface area contributed by atoms with Crippen LogP contribution >= 0.6 is 0 Å². The van der Waals surface area contributed by atoms with Crippen molar-refractivity contribution in [1.82, 2.24) is 0 Å². The van der Waals surface area contributed by atoms with E-state index in [-0.39, 0.29) is 11.7 Å². The molecule has 2 aromatic rings. The van der Waals surface area contributed by atoms with E-state index in [1.807, 2.05) is 38.1 Å². The summed E-state index contributed by atoms with van der Waals surface area (Å²) in [5.41, 5.74) is 1.75. The highest BCUT2D eigenvalue weighted by atomic mass is 19.1. The molecule has 4 heteroatoms. The number of anilines is 1. The molecule has 0 radical (unpaired) electrons. The number of para-hydroxylation sites is 1. The molecule has 0 aliphatic rings. The molecular weight excluding hydrogens is 293 g/mol. The van der Waals surface area contributed by atoms with Crippen LogP contribution in [-0.4, -0.2) is 19.1 Å². The summed E-state index contributed by atoms with van der Waals surface area (Å²) in [4.78, 5) is 14.2. The molecule has 0 unspecified atom stereocenters. The molecule has 0 atom stereocenters. The van der Waals surface area contributed by atoms with Gasteiger partial charge in [-0.2, -0.15) is 0 Å². The molecule has 0 spiro atoms. The second kappa shape index (κ2) is 8.32. The number of halogens is 1. The zero-order valence-electron chi connectivity index (χ0n) is 13.6. The van der Waals surface area contributed by atoms with Gasteiger partial charge in [0.2, 0.25) is 5.91 Å². The van der Waals surface area contributed by atoms with E-state index in [2.05, 4.69) is 0 Å². The number of ether oxygens (including phenoxy) is 1. The van der Waals surface area contributed by atoms with Crippen LogP contribution in [0.3, 0.4) is 0 Å². The van der Waals surface area contributed by atoms with Crippen LogP contribution in [0.2, 0.25) is 0 Å². The van der Waals surface area contributed by atoms with Crippen LogP contribution in [0.5, 0.6) is 5.75 Å². The number of rotatable bonds is 7. The van der Waals surface area contributed by atoms with E-state index in [0.717, 1.165) is 17.0 Å². The van der Waals surface area contributed by atoms with Gasteiger partial charge in [0.1, 0.15) is 11.6 Å². The van der Waals surface area contributed by atoms with Gasteiger partial charge in [0, 0.05) is 18.7 Å². The number of nitrogens with zero attached hydrogens (tertiary/aromatic N) is 1. The van der Waals surface area contributed by atoms with Crippen molar-refractivity contribution >= 4 is 11.6 Å². The van der Waals surface area contributed by atoms with E-state index < -0.39 is 0 Å². The van der Waals surface area contributed by atoms with Crippen molar-refractivity contribution in [3.8, 4) is 5.75 Å². The Hall–Kier alpha value is -2.36. The number of hydrogen-bond donors (Lipinski definition) is 0. The zero-order chi connectivity index (χ0) is 16.7. The predicted octanol–water partition coefficient (Wildman–Crippen LogP) is 4.21. The summed E-state index contributed by atoms with van der Waals surface area (Å²) in [6, 6.07) is 13.8. The van der Waals surface area contributed by atoms with Gasteiger partial charge in [-0.25, -0.2) is 4.39 Å². The van der Waals surface area contributed by atoms with Gasteiger partial charge < -0.3 is 9.64 Å². The Kier molecular flexibility index (Phi) is 6.15. The summed E-state index contributed by atoms with van der Waals surface area (Å²) in [6.07, 6.45) is 1.00. The second-order valence-electron chi connectivity index (χ2n) is 5.16. The van der Waals surface area contributed by atoms with Gasteiger partial charge >= 0.3 is 0 Å². The van der Waals surface area contributed by atoms with Gasteiger partial charge in [0.15, 0.2) is 0 Å². The van der Waals surface area contributed by atoms with Crippen LogP contribution in [0.25, 0.3) is 0 Å². The third-order valence-electron chi connectivity index (χ3n) is 3.64. The van der Waals surface area contributed by atoms with Crippen LogP contribution in [0.1, 0.15) is 25.8 Å². The van der Waals surface area contributed by atoms with Crippen LogP contribution in [0, 0.1) is 5.82 Å². The summed E-state index contributed by atoms with van der Waals surface area (Å²) < 4.78 is 18.6. The first-order valence-electron chi connectivity index (χ1n) is 7.92. The fraction of sp³-hybridized carbons (Fsp3) is 0.316. The number of carbonyl (C=O) groups is 1. The van der Waals surface area contributed by atoms with Gasteiger partial charge in [-0.1, -0.05) is 18.2 Å². The monoisotopic (exact) mass is 315 g/mol. The van der Waals surface area contributed by atoms with Crippen molar-refractivity contribution in [2.75, 3.05) is 18.1 Å². The Morgan fingerprint density at radius 1 is 1.09 bits per heavy atom. The fourth-order valence-electron chi connectivity index (χ4n) is 2.51. The van der Waals surface area contributed by atoms with E-state index in [0.29, 0.717) is 26.0 Å². The maximum absolute atomic E-state index is 13.0. The van der Waals surface area contributed by atoms with Gasteiger partial charge in [0.05, 0.1) is 6.61 Å². The Morgan fingerprint density at radius 2 is 1.78 bits per heavy atom. The number of amides is 1. The summed E-state index contributed by atoms with van der Waals surface area (Å²) >= 11 is 0.